The van der Waals surface area contributed by atoms with E-state index in [9.17, 15) is 4.79 Å². The first-order chi connectivity index (χ1) is 6.52. The second-order valence-corrected chi connectivity index (χ2v) is 3.88. The molecule has 0 aromatic heterocycles. The highest BCUT2D eigenvalue weighted by atomic mass is 35.5. The third-order valence-electron chi connectivity index (χ3n) is 1.48. The van der Waals surface area contributed by atoms with Gasteiger partial charge in [-0.25, -0.2) is 0 Å². The summed E-state index contributed by atoms with van der Waals surface area (Å²) in [6.07, 6.45) is 0. The normalized spacial score (nSPS) is 11.4. The molecule has 0 aliphatic carbocycles. The molecule has 0 atom stereocenters. The zero-order valence-electron chi connectivity index (χ0n) is 8.93. The van der Waals surface area contributed by atoms with Crippen LogP contribution in [-0.4, -0.2) is 44.3 Å². The van der Waals surface area contributed by atoms with Crippen molar-refractivity contribution in [2.45, 2.75) is 19.4 Å². The summed E-state index contributed by atoms with van der Waals surface area (Å²) in [5, 5.41) is 2.75. The third kappa shape index (κ3) is 7.12. The lowest BCUT2D eigenvalue weighted by Crippen LogP contribution is -2.46. The molecule has 1 N–H and O–H groups in total. The molecule has 0 spiro atoms. The van der Waals surface area contributed by atoms with Crippen LogP contribution in [0.5, 0.6) is 0 Å². The van der Waals surface area contributed by atoms with Gasteiger partial charge in [0.2, 0.25) is 5.91 Å². The average molecular weight is 224 g/mol. The number of ether oxygens (including phenoxy) is 2. The van der Waals surface area contributed by atoms with Crippen molar-refractivity contribution in [1.82, 2.24) is 5.32 Å². The van der Waals surface area contributed by atoms with E-state index < -0.39 is 0 Å². The Bertz CT molecular complexity index is 173. The van der Waals surface area contributed by atoms with Crippen molar-refractivity contribution in [3.05, 3.63) is 0 Å². The number of halogens is 1. The fraction of sp³-hybridized carbons (Fsp3) is 0.889. The number of rotatable bonds is 7. The SMILES string of the molecule is COCCOCC(=O)NC(C)(C)CCl. The zero-order valence-corrected chi connectivity index (χ0v) is 9.69. The maximum Gasteiger partial charge on any atom is 0.246 e. The van der Waals surface area contributed by atoms with Gasteiger partial charge in [0, 0.05) is 18.5 Å². The Morgan fingerprint density at radius 1 is 1.43 bits per heavy atom. The van der Waals surface area contributed by atoms with Crippen molar-refractivity contribution in [2.24, 2.45) is 0 Å². The second-order valence-electron chi connectivity index (χ2n) is 3.61. The van der Waals surface area contributed by atoms with Gasteiger partial charge in [-0.3, -0.25) is 4.79 Å². The molecule has 0 saturated carbocycles. The molecule has 0 rings (SSSR count). The number of methoxy groups -OCH3 is 1. The van der Waals surface area contributed by atoms with Crippen LogP contribution in [0.2, 0.25) is 0 Å². The van der Waals surface area contributed by atoms with Crippen molar-refractivity contribution >= 4 is 17.5 Å². The van der Waals surface area contributed by atoms with Gasteiger partial charge in [0.05, 0.1) is 13.2 Å². The van der Waals surface area contributed by atoms with Crippen LogP contribution in [0.3, 0.4) is 0 Å². The van der Waals surface area contributed by atoms with Gasteiger partial charge in [-0.05, 0) is 13.8 Å². The molecule has 0 fully saturated rings. The van der Waals surface area contributed by atoms with Gasteiger partial charge in [0.1, 0.15) is 6.61 Å². The quantitative estimate of drug-likeness (QED) is 0.513. The molecule has 0 radical (unpaired) electrons. The van der Waals surface area contributed by atoms with Gasteiger partial charge in [-0.2, -0.15) is 0 Å². The molecular weight excluding hydrogens is 206 g/mol. The number of nitrogens with one attached hydrogen (secondary N) is 1. The summed E-state index contributed by atoms with van der Waals surface area (Å²) < 4.78 is 9.81. The fourth-order valence-corrected chi connectivity index (χ4v) is 0.821. The van der Waals surface area contributed by atoms with Crippen LogP contribution in [0.15, 0.2) is 0 Å². The van der Waals surface area contributed by atoms with Gasteiger partial charge in [0.25, 0.3) is 0 Å². The largest absolute Gasteiger partial charge is 0.382 e. The lowest BCUT2D eigenvalue weighted by Gasteiger charge is -2.23. The molecule has 0 bridgehead atoms. The first-order valence-corrected chi connectivity index (χ1v) is 4.99. The topological polar surface area (TPSA) is 47.6 Å². The van der Waals surface area contributed by atoms with E-state index in [0.29, 0.717) is 19.1 Å². The summed E-state index contributed by atoms with van der Waals surface area (Å²) in [5.74, 6) is 0.211. The van der Waals surface area contributed by atoms with Gasteiger partial charge < -0.3 is 14.8 Å². The molecule has 0 aromatic rings. The minimum absolute atomic E-state index is 0.0453. The summed E-state index contributed by atoms with van der Waals surface area (Å²) in [6.45, 7) is 4.67. The van der Waals surface area contributed by atoms with Crippen LogP contribution >= 0.6 is 11.6 Å². The number of hydrogen-bond acceptors (Lipinski definition) is 3. The fourth-order valence-electron chi connectivity index (χ4n) is 0.754. The second kappa shape index (κ2) is 7.04. The first kappa shape index (κ1) is 13.7. The number of carbonyl (C=O) groups excluding carboxylic acids is 1. The summed E-state index contributed by atoms with van der Waals surface area (Å²) in [7, 11) is 1.58. The lowest BCUT2D eigenvalue weighted by atomic mass is 10.1. The Labute approximate surface area is 89.9 Å². The van der Waals surface area contributed by atoms with Crippen molar-refractivity contribution in [3.8, 4) is 0 Å². The summed E-state index contributed by atoms with van der Waals surface area (Å²) >= 11 is 5.65. The maximum absolute atomic E-state index is 11.2. The molecule has 0 saturated heterocycles. The molecule has 1 amide bonds. The smallest absolute Gasteiger partial charge is 0.246 e. The highest BCUT2D eigenvalue weighted by molar-refractivity contribution is 6.18. The summed E-state index contributed by atoms with van der Waals surface area (Å²) in [5.41, 5.74) is -0.386. The van der Waals surface area contributed by atoms with Crippen molar-refractivity contribution in [2.75, 3.05) is 32.8 Å². The van der Waals surface area contributed by atoms with Gasteiger partial charge in [-0.1, -0.05) is 0 Å². The molecule has 0 aliphatic rings. The molecule has 0 aromatic carbocycles. The van der Waals surface area contributed by atoms with Crippen LogP contribution in [0, 0.1) is 0 Å². The van der Waals surface area contributed by atoms with E-state index in [1.807, 2.05) is 13.8 Å². The molecule has 84 valence electrons. The van der Waals surface area contributed by atoms with Crippen LogP contribution in [0.25, 0.3) is 0 Å². The molecule has 0 aliphatic heterocycles. The Hall–Kier alpha value is -0.320. The van der Waals surface area contributed by atoms with E-state index in [4.69, 9.17) is 21.1 Å². The number of carbonyl (C=O) groups is 1. The van der Waals surface area contributed by atoms with Crippen molar-refractivity contribution in [3.63, 3.8) is 0 Å². The van der Waals surface area contributed by atoms with Gasteiger partial charge >= 0.3 is 0 Å². The third-order valence-corrected chi connectivity index (χ3v) is 2.14. The summed E-state index contributed by atoms with van der Waals surface area (Å²) in [6, 6.07) is 0. The highest BCUT2D eigenvalue weighted by Crippen LogP contribution is 2.03. The minimum Gasteiger partial charge on any atom is -0.382 e. The van der Waals surface area contributed by atoms with Crippen LogP contribution in [-0.2, 0) is 14.3 Å². The van der Waals surface area contributed by atoms with Crippen LogP contribution < -0.4 is 5.32 Å². The highest BCUT2D eigenvalue weighted by Gasteiger charge is 2.18. The van der Waals surface area contributed by atoms with E-state index in [0.717, 1.165) is 0 Å². The molecule has 0 unspecified atom stereocenters. The predicted molar refractivity (Wildman–Crippen MR) is 55.6 cm³/mol. The van der Waals surface area contributed by atoms with E-state index in [1.54, 1.807) is 7.11 Å². The zero-order chi connectivity index (χ0) is 11.0. The van der Waals surface area contributed by atoms with Crippen molar-refractivity contribution < 1.29 is 14.3 Å². The number of hydrogen-bond donors (Lipinski definition) is 1. The molecule has 14 heavy (non-hydrogen) atoms. The molecule has 4 nitrogen and oxygen atoms in total. The Morgan fingerprint density at radius 3 is 2.57 bits per heavy atom. The van der Waals surface area contributed by atoms with Crippen molar-refractivity contribution in [1.29, 1.82) is 0 Å². The standard InChI is InChI=1S/C9H18ClNO3/c1-9(2,7-10)11-8(12)6-14-5-4-13-3/h4-7H2,1-3H3,(H,11,12). The summed E-state index contributed by atoms with van der Waals surface area (Å²) in [4.78, 5) is 11.2. The maximum atomic E-state index is 11.2. The van der Waals surface area contributed by atoms with Crippen LogP contribution in [0.1, 0.15) is 13.8 Å². The van der Waals surface area contributed by atoms with E-state index in [-0.39, 0.29) is 18.1 Å². The predicted octanol–water partition coefficient (Wildman–Crippen LogP) is 0.783. The van der Waals surface area contributed by atoms with E-state index in [1.165, 1.54) is 0 Å². The van der Waals surface area contributed by atoms with Crippen LogP contribution in [0.4, 0.5) is 0 Å². The van der Waals surface area contributed by atoms with E-state index in [2.05, 4.69) is 5.32 Å². The molecule has 0 heterocycles. The molecular formula is C9H18ClNO3. The Morgan fingerprint density at radius 2 is 2.07 bits per heavy atom. The van der Waals surface area contributed by atoms with Gasteiger partial charge in [0.15, 0.2) is 0 Å². The molecule has 5 heteroatoms. The first-order valence-electron chi connectivity index (χ1n) is 4.45. The minimum atomic E-state index is -0.386. The number of amides is 1. The van der Waals surface area contributed by atoms with E-state index >= 15 is 0 Å². The number of alkyl halides is 1. The Balaban J connectivity index is 3.55. The average Bonchev–Trinajstić information content (AvgIpc) is 2.12. The lowest BCUT2D eigenvalue weighted by molar-refractivity contribution is -0.127. The monoisotopic (exact) mass is 223 g/mol. The Kier molecular flexibility index (Phi) is 6.87. The van der Waals surface area contributed by atoms with Gasteiger partial charge in [-0.15, -0.1) is 11.6 Å².